The molecule has 0 saturated heterocycles. The van der Waals surface area contributed by atoms with Crippen LogP contribution in [0.2, 0.25) is 0 Å². The van der Waals surface area contributed by atoms with Gasteiger partial charge in [-0.2, -0.15) is 0 Å². The fourth-order valence-electron chi connectivity index (χ4n) is 1.93. The van der Waals surface area contributed by atoms with Crippen LogP contribution < -0.4 is 5.32 Å². The molecule has 3 heteroatoms. The van der Waals surface area contributed by atoms with Gasteiger partial charge in [0, 0.05) is 12.1 Å². The van der Waals surface area contributed by atoms with Gasteiger partial charge < -0.3 is 10.1 Å². The van der Waals surface area contributed by atoms with Crippen molar-refractivity contribution >= 4 is 5.97 Å². The molecule has 0 bridgehead atoms. The molecule has 0 unspecified atom stereocenters. The lowest BCUT2D eigenvalue weighted by Gasteiger charge is -2.07. The minimum atomic E-state index is -0.286. The molecule has 0 aromatic heterocycles. The smallest absolute Gasteiger partial charge is 0.334 e. The van der Waals surface area contributed by atoms with Gasteiger partial charge in [0.05, 0.1) is 6.61 Å². The summed E-state index contributed by atoms with van der Waals surface area (Å²) in [4.78, 5) is 11.3. The highest BCUT2D eigenvalue weighted by Crippen LogP contribution is 2.07. The summed E-state index contributed by atoms with van der Waals surface area (Å²) >= 11 is 0. The van der Waals surface area contributed by atoms with Crippen molar-refractivity contribution < 1.29 is 9.53 Å². The summed E-state index contributed by atoms with van der Waals surface area (Å²) in [7, 11) is 0. The second kappa shape index (κ2) is 13.6. The highest BCUT2D eigenvalue weighted by Gasteiger charge is 2.05. The van der Waals surface area contributed by atoms with Gasteiger partial charge in [-0.15, -0.1) is 0 Å². The van der Waals surface area contributed by atoms with Gasteiger partial charge in [-0.1, -0.05) is 58.4 Å². The Kier molecular flexibility index (Phi) is 13.0. The molecule has 0 amide bonds. The zero-order chi connectivity index (χ0) is 14.3. The summed E-state index contributed by atoms with van der Waals surface area (Å²) in [6, 6.07) is 0. The van der Waals surface area contributed by atoms with Crippen LogP contribution in [0, 0.1) is 0 Å². The van der Waals surface area contributed by atoms with E-state index < -0.39 is 0 Å². The standard InChI is InChI=1S/C16H31NO2/c1-4-6-7-8-9-10-11-12-13-17-14-15(3)16(18)19-5-2/h17H,3-14H2,1-2H3. The first-order chi connectivity index (χ1) is 9.22. The predicted molar refractivity (Wildman–Crippen MR) is 81.3 cm³/mol. The minimum absolute atomic E-state index is 0.286. The van der Waals surface area contributed by atoms with Crippen LogP contribution in [0.1, 0.15) is 65.2 Å². The zero-order valence-electron chi connectivity index (χ0n) is 12.8. The van der Waals surface area contributed by atoms with E-state index in [2.05, 4.69) is 18.8 Å². The maximum absolute atomic E-state index is 11.3. The Balaban J connectivity index is 3.22. The molecule has 0 rings (SSSR count). The molecule has 0 radical (unpaired) electrons. The highest BCUT2D eigenvalue weighted by atomic mass is 16.5. The molecular formula is C16H31NO2. The van der Waals surface area contributed by atoms with Crippen molar-refractivity contribution in [2.24, 2.45) is 0 Å². The summed E-state index contributed by atoms with van der Waals surface area (Å²) in [6.07, 6.45) is 10.6. The van der Waals surface area contributed by atoms with Crippen LogP contribution in [-0.4, -0.2) is 25.7 Å². The number of hydrogen-bond acceptors (Lipinski definition) is 3. The third-order valence-corrected chi connectivity index (χ3v) is 3.11. The number of carbonyl (C=O) groups excluding carboxylic acids is 1. The van der Waals surface area contributed by atoms with Crippen LogP contribution in [0.5, 0.6) is 0 Å². The lowest BCUT2D eigenvalue weighted by molar-refractivity contribution is -0.138. The highest BCUT2D eigenvalue weighted by molar-refractivity contribution is 5.88. The van der Waals surface area contributed by atoms with Crippen LogP contribution in [0.15, 0.2) is 12.2 Å². The summed E-state index contributed by atoms with van der Waals surface area (Å²) < 4.78 is 4.87. The largest absolute Gasteiger partial charge is 0.463 e. The summed E-state index contributed by atoms with van der Waals surface area (Å²) in [5.74, 6) is -0.286. The lowest BCUT2D eigenvalue weighted by Crippen LogP contribution is -2.22. The normalized spacial score (nSPS) is 10.4. The second-order valence-electron chi connectivity index (χ2n) is 4.98. The van der Waals surface area contributed by atoms with Gasteiger partial charge >= 0.3 is 5.97 Å². The van der Waals surface area contributed by atoms with E-state index in [0.717, 1.165) is 6.54 Å². The Morgan fingerprint density at radius 2 is 1.58 bits per heavy atom. The molecule has 0 spiro atoms. The number of esters is 1. The molecular weight excluding hydrogens is 238 g/mol. The molecule has 0 atom stereocenters. The fourth-order valence-corrected chi connectivity index (χ4v) is 1.93. The summed E-state index contributed by atoms with van der Waals surface area (Å²) in [5, 5.41) is 3.24. The van der Waals surface area contributed by atoms with E-state index in [1.807, 2.05) is 0 Å². The molecule has 0 aromatic rings. The second-order valence-corrected chi connectivity index (χ2v) is 4.98. The van der Waals surface area contributed by atoms with Crippen LogP contribution in [0.3, 0.4) is 0 Å². The van der Waals surface area contributed by atoms with Crippen LogP contribution in [0.25, 0.3) is 0 Å². The van der Waals surface area contributed by atoms with Gasteiger partial charge in [-0.25, -0.2) is 4.79 Å². The maximum atomic E-state index is 11.3. The first-order valence-corrected chi connectivity index (χ1v) is 7.78. The quantitative estimate of drug-likeness (QED) is 0.314. The molecule has 0 heterocycles. The third kappa shape index (κ3) is 12.0. The van der Waals surface area contributed by atoms with E-state index in [9.17, 15) is 4.79 Å². The number of rotatable bonds is 13. The molecule has 0 aliphatic heterocycles. The van der Waals surface area contributed by atoms with E-state index in [1.165, 1.54) is 51.4 Å². The van der Waals surface area contributed by atoms with Crippen molar-refractivity contribution in [2.75, 3.05) is 19.7 Å². The van der Waals surface area contributed by atoms with Crippen molar-refractivity contribution in [2.45, 2.75) is 65.2 Å². The van der Waals surface area contributed by atoms with E-state index >= 15 is 0 Å². The molecule has 0 saturated carbocycles. The molecule has 0 aliphatic rings. The Hall–Kier alpha value is -0.830. The average Bonchev–Trinajstić information content (AvgIpc) is 2.41. The Morgan fingerprint density at radius 1 is 1.00 bits per heavy atom. The Labute approximate surface area is 118 Å². The summed E-state index contributed by atoms with van der Waals surface area (Å²) in [5.41, 5.74) is 0.515. The van der Waals surface area contributed by atoms with Gasteiger partial charge in [0.1, 0.15) is 0 Å². The average molecular weight is 269 g/mol. The first-order valence-electron chi connectivity index (χ1n) is 7.78. The van der Waals surface area contributed by atoms with Gasteiger partial charge in [-0.05, 0) is 19.9 Å². The Morgan fingerprint density at radius 3 is 2.16 bits per heavy atom. The van der Waals surface area contributed by atoms with E-state index in [1.54, 1.807) is 6.92 Å². The van der Waals surface area contributed by atoms with Gasteiger partial charge in [0.15, 0.2) is 0 Å². The molecule has 0 fully saturated rings. The summed E-state index contributed by atoms with van der Waals surface area (Å²) in [6.45, 7) is 9.66. The molecule has 3 nitrogen and oxygen atoms in total. The van der Waals surface area contributed by atoms with Crippen molar-refractivity contribution in [3.8, 4) is 0 Å². The third-order valence-electron chi connectivity index (χ3n) is 3.11. The molecule has 0 aliphatic carbocycles. The minimum Gasteiger partial charge on any atom is -0.463 e. The van der Waals surface area contributed by atoms with Crippen LogP contribution in [-0.2, 0) is 9.53 Å². The predicted octanol–water partition coefficient (Wildman–Crippen LogP) is 3.84. The topological polar surface area (TPSA) is 38.3 Å². The molecule has 112 valence electrons. The SMILES string of the molecule is C=C(CNCCCCCCCCCC)C(=O)OCC. The first kappa shape index (κ1) is 18.2. The van der Waals surface area contributed by atoms with E-state index in [0.29, 0.717) is 18.7 Å². The van der Waals surface area contributed by atoms with Gasteiger partial charge in [-0.3, -0.25) is 0 Å². The van der Waals surface area contributed by atoms with E-state index in [-0.39, 0.29) is 5.97 Å². The van der Waals surface area contributed by atoms with E-state index in [4.69, 9.17) is 4.74 Å². The van der Waals surface area contributed by atoms with Crippen molar-refractivity contribution in [3.63, 3.8) is 0 Å². The Bertz CT molecular complexity index is 239. The monoisotopic (exact) mass is 269 g/mol. The molecule has 1 N–H and O–H groups in total. The van der Waals surface area contributed by atoms with Gasteiger partial charge in [0.25, 0.3) is 0 Å². The zero-order valence-corrected chi connectivity index (χ0v) is 12.8. The fraction of sp³-hybridized carbons (Fsp3) is 0.812. The van der Waals surface area contributed by atoms with Gasteiger partial charge in [0.2, 0.25) is 0 Å². The molecule has 19 heavy (non-hydrogen) atoms. The number of hydrogen-bond donors (Lipinski definition) is 1. The van der Waals surface area contributed by atoms with Crippen molar-refractivity contribution in [1.29, 1.82) is 0 Å². The molecule has 0 aromatic carbocycles. The number of ether oxygens (including phenoxy) is 1. The van der Waals surface area contributed by atoms with Crippen LogP contribution in [0.4, 0.5) is 0 Å². The number of unbranched alkanes of at least 4 members (excludes halogenated alkanes) is 7. The number of carbonyl (C=O) groups is 1. The maximum Gasteiger partial charge on any atom is 0.334 e. The van der Waals surface area contributed by atoms with Crippen molar-refractivity contribution in [3.05, 3.63) is 12.2 Å². The lowest BCUT2D eigenvalue weighted by atomic mass is 10.1. The number of nitrogens with one attached hydrogen (secondary N) is 1. The van der Waals surface area contributed by atoms with Crippen molar-refractivity contribution in [1.82, 2.24) is 5.32 Å². The van der Waals surface area contributed by atoms with Crippen LogP contribution >= 0.6 is 0 Å².